The molecule has 0 radical (unpaired) electrons. The monoisotopic (exact) mass is 471 g/mol. The number of hydrogen-bond acceptors (Lipinski definition) is 11. The molecule has 32 heavy (non-hydrogen) atoms. The van der Waals surface area contributed by atoms with Crippen LogP contribution in [0.1, 0.15) is 5.56 Å². The maximum atomic E-state index is 10.1. The first-order valence-electron chi connectivity index (χ1n) is 8.44. The SMILES string of the molecule is CN(C)C1=NCCNC(c2ccccc2)=C1.OB(O)F.OB(O)F.OB(O)F.OB(O)F. The number of aliphatic imine (C=N–C) groups is 1. The van der Waals surface area contributed by atoms with Crippen LogP contribution in [-0.2, 0) is 0 Å². The van der Waals surface area contributed by atoms with Crippen LogP contribution in [0, 0.1) is 0 Å². The molecule has 1 aromatic carbocycles. The molecule has 1 aliphatic heterocycles. The summed E-state index contributed by atoms with van der Waals surface area (Å²) in [5.74, 6) is 1.02. The molecule has 1 heterocycles. The summed E-state index contributed by atoms with van der Waals surface area (Å²) in [7, 11) is -6.63. The second-order valence-electron chi connectivity index (χ2n) is 5.23. The lowest BCUT2D eigenvalue weighted by Gasteiger charge is -2.12. The van der Waals surface area contributed by atoms with E-state index in [4.69, 9.17) is 40.2 Å². The van der Waals surface area contributed by atoms with Crippen LogP contribution < -0.4 is 5.32 Å². The minimum Gasteiger partial charge on any atom is -0.398 e. The number of hydrogen-bond donors (Lipinski definition) is 9. The first-order chi connectivity index (χ1) is 14.7. The van der Waals surface area contributed by atoms with Gasteiger partial charge in [-0.15, -0.1) is 0 Å². The van der Waals surface area contributed by atoms with Crippen molar-refractivity contribution >= 4 is 41.1 Å². The number of nitrogens with one attached hydrogen (secondary N) is 1. The van der Waals surface area contributed by atoms with Crippen LogP contribution in [0.15, 0.2) is 41.4 Å². The standard InChI is InChI=1S/C13H17N3.4BFH2O2/c1-16(2)13-10-12(14-8-9-15-13)11-6-4-3-5-7-11;4*2-1(3)4/h3-7,10,14H,8-9H2,1-2H3;4*3-4H. The van der Waals surface area contributed by atoms with Crippen LogP contribution in [0.4, 0.5) is 17.3 Å². The molecule has 11 nitrogen and oxygen atoms in total. The third-order valence-corrected chi connectivity index (χ3v) is 2.52. The topological polar surface area (TPSA) is 189 Å². The van der Waals surface area contributed by atoms with Gasteiger partial charge in [0.2, 0.25) is 0 Å². The molecule has 0 saturated carbocycles. The summed E-state index contributed by atoms with van der Waals surface area (Å²) in [6.07, 6.45) is 2.10. The van der Waals surface area contributed by atoms with Gasteiger partial charge in [0.1, 0.15) is 5.84 Å². The molecular weight excluding hydrogens is 445 g/mol. The van der Waals surface area contributed by atoms with E-state index in [0.717, 1.165) is 24.6 Å². The lowest BCUT2D eigenvalue weighted by molar-refractivity contribution is 0.338. The van der Waals surface area contributed by atoms with E-state index in [-0.39, 0.29) is 0 Å². The molecule has 0 saturated heterocycles. The highest BCUT2D eigenvalue weighted by atomic mass is 19.1. The predicted octanol–water partition coefficient (Wildman–Crippen LogP) is -2.71. The summed E-state index contributed by atoms with van der Waals surface area (Å²) in [5, 5.41) is 59.0. The molecule has 0 bridgehead atoms. The summed E-state index contributed by atoms with van der Waals surface area (Å²) in [6, 6.07) is 10.3. The first-order valence-corrected chi connectivity index (χ1v) is 8.44. The van der Waals surface area contributed by atoms with Crippen molar-refractivity contribution < 1.29 is 57.5 Å². The Morgan fingerprint density at radius 3 is 1.50 bits per heavy atom. The van der Waals surface area contributed by atoms with E-state index < -0.39 is 29.6 Å². The molecule has 19 heteroatoms. The smallest absolute Gasteiger partial charge is 0.398 e. The zero-order chi connectivity index (χ0) is 25.7. The summed E-state index contributed by atoms with van der Waals surface area (Å²) in [5.41, 5.74) is 2.35. The third kappa shape index (κ3) is 32.6. The average molecular weight is 471 g/mol. The van der Waals surface area contributed by atoms with Crippen molar-refractivity contribution in [3.05, 3.63) is 42.0 Å². The zero-order valence-electron chi connectivity index (χ0n) is 17.2. The summed E-state index contributed by atoms with van der Waals surface area (Å²) < 4.78 is 40.4. The van der Waals surface area contributed by atoms with Gasteiger partial charge in [-0.2, -0.15) is 0 Å². The van der Waals surface area contributed by atoms with Gasteiger partial charge in [0, 0.05) is 32.4 Å². The Morgan fingerprint density at radius 1 is 0.781 bits per heavy atom. The molecule has 2 rings (SSSR count). The highest BCUT2D eigenvalue weighted by molar-refractivity contribution is 6.32. The van der Waals surface area contributed by atoms with Gasteiger partial charge in [-0.25, -0.2) is 0 Å². The first kappa shape index (κ1) is 34.5. The van der Waals surface area contributed by atoms with E-state index in [1.807, 2.05) is 25.1 Å². The van der Waals surface area contributed by atoms with Crippen LogP contribution in [0.25, 0.3) is 5.70 Å². The van der Waals surface area contributed by atoms with Gasteiger partial charge < -0.3 is 50.4 Å². The van der Waals surface area contributed by atoms with Gasteiger partial charge in [0.15, 0.2) is 0 Å². The minimum absolute atomic E-state index is 0.820. The molecule has 180 valence electrons. The fourth-order valence-corrected chi connectivity index (χ4v) is 1.66. The van der Waals surface area contributed by atoms with E-state index >= 15 is 0 Å². The van der Waals surface area contributed by atoms with Gasteiger partial charge >= 0.3 is 29.6 Å². The van der Waals surface area contributed by atoms with Crippen molar-refractivity contribution in [2.45, 2.75) is 0 Å². The Balaban J connectivity index is -0.000000432. The van der Waals surface area contributed by atoms with Crippen LogP contribution in [0.3, 0.4) is 0 Å². The van der Waals surface area contributed by atoms with E-state index in [2.05, 4.69) is 40.7 Å². The number of benzene rings is 1. The Bertz CT molecular complexity index is 585. The quantitative estimate of drug-likeness (QED) is 0.154. The van der Waals surface area contributed by atoms with Gasteiger partial charge in [-0.1, -0.05) is 30.3 Å². The van der Waals surface area contributed by atoms with Crippen molar-refractivity contribution in [3.8, 4) is 0 Å². The van der Waals surface area contributed by atoms with Crippen molar-refractivity contribution in [3.63, 3.8) is 0 Å². The lowest BCUT2D eigenvalue weighted by atomic mass is 10.1. The summed E-state index contributed by atoms with van der Waals surface area (Å²) in [6.45, 7) is 1.71. The summed E-state index contributed by atoms with van der Waals surface area (Å²) >= 11 is 0. The largest absolute Gasteiger partial charge is 0.674 e. The van der Waals surface area contributed by atoms with E-state index in [1.165, 1.54) is 5.56 Å². The number of halogens is 4. The minimum atomic E-state index is -2.67. The average Bonchev–Trinajstić information content (AvgIpc) is 2.87. The maximum Gasteiger partial charge on any atom is 0.674 e. The van der Waals surface area contributed by atoms with Crippen molar-refractivity contribution in [2.24, 2.45) is 4.99 Å². The van der Waals surface area contributed by atoms with Crippen molar-refractivity contribution in [2.75, 3.05) is 27.2 Å². The number of likely N-dealkylation sites (N-methyl/N-ethyl adjacent to an activating group) is 1. The van der Waals surface area contributed by atoms with Crippen molar-refractivity contribution in [1.82, 2.24) is 10.2 Å². The Labute approximate surface area is 183 Å². The predicted molar refractivity (Wildman–Crippen MR) is 114 cm³/mol. The Morgan fingerprint density at radius 2 is 1.16 bits per heavy atom. The Hall–Kier alpha value is -2.11. The fourth-order valence-electron chi connectivity index (χ4n) is 1.66. The van der Waals surface area contributed by atoms with E-state index in [1.54, 1.807) is 0 Å². The summed E-state index contributed by atoms with van der Waals surface area (Å²) in [4.78, 5) is 6.54. The molecule has 1 aromatic rings. The van der Waals surface area contributed by atoms with Crippen LogP contribution in [-0.4, -0.2) is 108 Å². The van der Waals surface area contributed by atoms with Gasteiger partial charge in [-0.05, 0) is 5.56 Å². The Kier molecular flexibility index (Phi) is 23.8. The molecule has 0 aliphatic carbocycles. The molecule has 0 spiro atoms. The van der Waals surface area contributed by atoms with Gasteiger partial charge in [-0.3, -0.25) is 22.3 Å². The lowest BCUT2D eigenvalue weighted by Crippen LogP contribution is -2.20. The maximum absolute atomic E-state index is 10.1. The number of nitrogens with zero attached hydrogens (tertiary/aromatic N) is 2. The molecule has 9 N–H and O–H groups in total. The third-order valence-electron chi connectivity index (χ3n) is 2.52. The van der Waals surface area contributed by atoms with Gasteiger partial charge in [0.05, 0.1) is 6.54 Å². The molecule has 0 aromatic heterocycles. The van der Waals surface area contributed by atoms with Gasteiger partial charge in [0.25, 0.3) is 0 Å². The highest BCUT2D eigenvalue weighted by Gasteiger charge is 2.07. The molecule has 0 unspecified atom stereocenters. The zero-order valence-corrected chi connectivity index (χ0v) is 17.2. The van der Waals surface area contributed by atoms with E-state index in [9.17, 15) is 17.3 Å². The molecular formula is C13H25B4F4N3O8. The fraction of sp³-hybridized carbons (Fsp3) is 0.308. The number of rotatable bonds is 1. The second-order valence-corrected chi connectivity index (χ2v) is 5.23. The molecule has 0 fully saturated rings. The highest BCUT2D eigenvalue weighted by Crippen LogP contribution is 2.12. The second kappa shape index (κ2) is 22.1. The van der Waals surface area contributed by atoms with E-state index in [0.29, 0.717) is 0 Å². The molecule has 1 aliphatic rings. The molecule has 0 atom stereocenters. The van der Waals surface area contributed by atoms with Crippen LogP contribution in [0.5, 0.6) is 0 Å². The number of amidine groups is 1. The molecule has 0 amide bonds. The van der Waals surface area contributed by atoms with Crippen LogP contribution >= 0.6 is 0 Å². The normalized spacial score (nSPS) is 11.2. The van der Waals surface area contributed by atoms with Crippen LogP contribution in [0.2, 0.25) is 0 Å². The van der Waals surface area contributed by atoms with Crippen molar-refractivity contribution in [1.29, 1.82) is 0 Å².